The maximum Gasteiger partial charge on any atom is 0.179 e. The molecule has 0 bridgehead atoms. The average Bonchev–Trinajstić information content (AvgIpc) is 1.85. The molecular formula is C7H7IN2O. The van der Waals surface area contributed by atoms with Crippen molar-refractivity contribution in [2.45, 2.75) is 6.92 Å². The van der Waals surface area contributed by atoms with Crippen LogP contribution < -0.4 is 5.73 Å². The van der Waals surface area contributed by atoms with Crippen LogP contribution in [0.4, 0.5) is 5.69 Å². The molecule has 0 aliphatic carbocycles. The number of anilines is 1. The highest BCUT2D eigenvalue weighted by atomic mass is 127. The van der Waals surface area contributed by atoms with Crippen LogP contribution in [0.3, 0.4) is 0 Å². The topological polar surface area (TPSA) is 56.0 Å². The van der Waals surface area contributed by atoms with E-state index in [0.29, 0.717) is 11.4 Å². The van der Waals surface area contributed by atoms with Crippen molar-refractivity contribution in [3.05, 3.63) is 21.5 Å². The summed E-state index contributed by atoms with van der Waals surface area (Å²) in [6, 6.07) is 1.73. The molecule has 2 N–H and O–H groups in total. The summed E-state index contributed by atoms with van der Waals surface area (Å²) in [5.41, 5.74) is 6.52. The number of ketones is 1. The lowest BCUT2D eigenvalue weighted by Gasteiger charge is -1.98. The monoisotopic (exact) mass is 262 g/mol. The summed E-state index contributed by atoms with van der Waals surface area (Å²) in [7, 11) is 0. The van der Waals surface area contributed by atoms with Gasteiger partial charge >= 0.3 is 0 Å². The van der Waals surface area contributed by atoms with Gasteiger partial charge in [0.15, 0.2) is 5.78 Å². The van der Waals surface area contributed by atoms with Gasteiger partial charge in [-0.1, -0.05) is 0 Å². The fourth-order valence-corrected chi connectivity index (χ4v) is 1.59. The van der Waals surface area contributed by atoms with Crippen molar-refractivity contribution < 1.29 is 4.79 Å². The quantitative estimate of drug-likeness (QED) is 0.616. The normalized spacial score (nSPS) is 9.64. The number of hydrogen-bond acceptors (Lipinski definition) is 3. The SMILES string of the molecule is CC(=O)c1ncc(N)cc1I. The predicted octanol–water partition coefficient (Wildman–Crippen LogP) is 1.47. The zero-order valence-electron chi connectivity index (χ0n) is 5.97. The van der Waals surface area contributed by atoms with Crippen LogP contribution in [0, 0.1) is 3.57 Å². The van der Waals surface area contributed by atoms with Gasteiger partial charge in [0.2, 0.25) is 0 Å². The lowest BCUT2D eigenvalue weighted by Crippen LogP contribution is -2.01. The Bertz CT molecular complexity index is 298. The van der Waals surface area contributed by atoms with E-state index >= 15 is 0 Å². The lowest BCUT2D eigenvalue weighted by molar-refractivity contribution is 0.101. The largest absolute Gasteiger partial charge is 0.397 e. The van der Waals surface area contributed by atoms with Gasteiger partial charge in [-0.2, -0.15) is 0 Å². The molecule has 0 unspecified atom stereocenters. The molecule has 1 rings (SSSR count). The molecule has 1 aromatic rings. The van der Waals surface area contributed by atoms with Crippen molar-refractivity contribution in [1.29, 1.82) is 0 Å². The molecule has 0 aliphatic heterocycles. The molecule has 0 radical (unpaired) electrons. The molecule has 0 saturated carbocycles. The Labute approximate surface area is 78.1 Å². The van der Waals surface area contributed by atoms with Gasteiger partial charge in [-0.3, -0.25) is 4.79 Å². The number of Topliss-reactive ketones (excluding diaryl/α,β-unsaturated/α-hetero) is 1. The zero-order valence-corrected chi connectivity index (χ0v) is 8.12. The van der Waals surface area contributed by atoms with E-state index in [1.807, 2.05) is 22.6 Å². The van der Waals surface area contributed by atoms with E-state index in [-0.39, 0.29) is 5.78 Å². The molecule has 0 spiro atoms. The van der Waals surface area contributed by atoms with Gasteiger partial charge in [0.25, 0.3) is 0 Å². The van der Waals surface area contributed by atoms with Crippen molar-refractivity contribution in [2.24, 2.45) is 0 Å². The Kier molecular flexibility index (Phi) is 2.43. The molecule has 0 aliphatic rings. The summed E-state index contributed by atoms with van der Waals surface area (Å²) in [6.45, 7) is 1.49. The number of hydrogen-bond donors (Lipinski definition) is 1. The molecule has 0 saturated heterocycles. The molecular weight excluding hydrogens is 255 g/mol. The van der Waals surface area contributed by atoms with Gasteiger partial charge in [-0.15, -0.1) is 0 Å². The molecule has 1 aromatic heterocycles. The third kappa shape index (κ3) is 1.89. The minimum Gasteiger partial charge on any atom is -0.397 e. The number of rotatable bonds is 1. The van der Waals surface area contributed by atoms with Gasteiger partial charge < -0.3 is 5.73 Å². The minimum absolute atomic E-state index is 0.0330. The first kappa shape index (κ1) is 8.45. The van der Waals surface area contributed by atoms with Crippen molar-refractivity contribution in [3.8, 4) is 0 Å². The summed E-state index contributed by atoms with van der Waals surface area (Å²) in [5.74, 6) is -0.0330. The third-order valence-corrected chi connectivity index (χ3v) is 2.02. The second-order valence-corrected chi connectivity index (χ2v) is 3.32. The molecule has 58 valence electrons. The Morgan fingerprint density at radius 2 is 2.36 bits per heavy atom. The molecule has 1 heterocycles. The second-order valence-electron chi connectivity index (χ2n) is 2.16. The first-order valence-electron chi connectivity index (χ1n) is 3.03. The lowest BCUT2D eigenvalue weighted by atomic mass is 10.3. The smallest absolute Gasteiger partial charge is 0.179 e. The van der Waals surface area contributed by atoms with Crippen molar-refractivity contribution in [3.63, 3.8) is 0 Å². The Balaban J connectivity index is 3.20. The first-order valence-corrected chi connectivity index (χ1v) is 4.11. The molecule has 11 heavy (non-hydrogen) atoms. The maximum atomic E-state index is 10.9. The van der Waals surface area contributed by atoms with Crippen molar-refractivity contribution in [1.82, 2.24) is 4.98 Å². The summed E-state index contributed by atoms with van der Waals surface area (Å²) < 4.78 is 0.801. The van der Waals surface area contributed by atoms with Crippen LogP contribution in [0.25, 0.3) is 0 Å². The molecule has 4 heteroatoms. The van der Waals surface area contributed by atoms with E-state index in [9.17, 15) is 4.79 Å². The maximum absolute atomic E-state index is 10.9. The van der Waals surface area contributed by atoms with Crippen LogP contribution in [-0.2, 0) is 0 Å². The third-order valence-electron chi connectivity index (χ3n) is 1.20. The fourth-order valence-electron chi connectivity index (χ4n) is 0.712. The van der Waals surface area contributed by atoms with Crippen LogP contribution in [0.5, 0.6) is 0 Å². The standard InChI is InChI=1S/C7H7IN2O/c1-4(11)7-6(8)2-5(9)3-10-7/h2-3H,9H2,1H3. The fraction of sp³-hybridized carbons (Fsp3) is 0.143. The summed E-state index contributed by atoms with van der Waals surface area (Å²) in [4.78, 5) is 14.8. The van der Waals surface area contributed by atoms with Gasteiger partial charge in [-0.25, -0.2) is 4.98 Å². The average molecular weight is 262 g/mol. The van der Waals surface area contributed by atoms with Crippen LogP contribution in [-0.4, -0.2) is 10.8 Å². The number of carbonyl (C=O) groups excluding carboxylic acids is 1. The van der Waals surface area contributed by atoms with E-state index in [4.69, 9.17) is 5.73 Å². The Morgan fingerprint density at radius 3 is 2.82 bits per heavy atom. The minimum atomic E-state index is -0.0330. The molecule has 0 atom stereocenters. The highest BCUT2D eigenvalue weighted by Gasteiger charge is 2.05. The highest BCUT2D eigenvalue weighted by molar-refractivity contribution is 14.1. The van der Waals surface area contributed by atoms with Crippen LogP contribution in [0.2, 0.25) is 0 Å². The molecule has 0 aromatic carbocycles. The highest BCUT2D eigenvalue weighted by Crippen LogP contribution is 2.12. The molecule has 3 nitrogen and oxygen atoms in total. The summed E-state index contributed by atoms with van der Waals surface area (Å²) in [5, 5.41) is 0. The number of pyridine rings is 1. The number of aromatic nitrogens is 1. The number of halogens is 1. The van der Waals surface area contributed by atoms with Crippen LogP contribution in [0.1, 0.15) is 17.4 Å². The van der Waals surface area contributed by atoms with E-state index in [0.717, 1.165) is 3.57 Å². The van der Waals surface area contributed by atoms with Gasteiger partial charge in [0, 0.05) is 10.5 Å². The number of nitrogens with two attached hydrogens (primary N) is 1. The van der Waals surface area contributed by atoms with Crippen LogP contribution >= 0.6 is 22.6 Å². The zero-order chi connectivity index (χ0) is 8.43. The number of nitrogen functional groups attached to an aromatic ring is 1. The molecule has 0 fully saturated rings. The summed E-state index contributed by atoms with van der Waals surface area (Å²) in [6.07, 6.45) is 1.49. The van der Waals surface area contributed by atoms with E-state index in [1.54, 1.807) is 6.07 Å². The van der Waals surface area contributed by atoms with E-state index < -0.39 is 0 Å². The summed E-state index contributed by atoms with van der Waals surface area (Å²) >= 11 is 2.04. The number of carbonyl (C=O) groups is 1. The van der Waals surface area contributed by atoms with Crippen molar-refractivity contribution >= 4 is 34.1 Å². The second kappa shape index (κ2) is 3.17. The first-order chi connectivity index (χ1) is 5.11. The van der Waals surface area contributed by atoms with Crippen molar-refractivity contribution in [2.75, 3.05) is 5.73 Å². The van der Waals surface area contributed by atoms with Crippen LogP contribution in [0.15, 0.2) is 12.3 Å². The molecule has 0 amide bonds. The Hall–Kier alpha value is -0.650. The van der Waals surface area contributed by atoms with Gasteiger partial charge in [-0.05, 0) is 28.7 Å². The van der Waals surface area contributed by atoms with E-state index in [2.05, 4.69) is 4.98 Å². The van der Waals surface area contributed by atoms with Gasteiger partial charge in [0.1, 0.15) is 5.69 Å². The van der Waals surface area contributed by atoms with Gasteiger partial charge in [0.05, 0.1) is 11.9 Å². The Morgan fingerprint density at radius 1 is 1.73 bits per heavy atom. The predicted molar refractivity (Wildman–Crippen MR) is 51.4 cm³/mol. The van der Waals surface area contributed by atoms with E-state index in [1.165, 1.54) is 13.1 Å². The number of nitrogens with zero attached hydrogens (tertiary/aromatic N) is 1.